The number of rotatable bonds is 53. The molecule has 0 saturated heterocycles. The van der Waals surface area contributed by atoms with Crippen molar-refractivity contribution >= 4 is 17.9 Å². The molecule has 1 unspecified atom stereocenters. The molecule has 6 nitrogen and oxygen atoms in total. The van der Waals surface area contributed by atoms with Gasteiger partial charge in [-0.25, -0.2) is 0 Å². The lowest BCUT2D eigenvalue weighted by Gasteiger charge is -2.18. The molecule has 0 fully saturated rings. The maximum Gasteiger partial charge on any atom is 0.306 e. The van der Waals surface area contributed by atoms with Gasteiger partial charge in [-0.3, -0.25) is 14.4 Å². The van der Waals surface area contributed by atoms with Gasteiger partial charge in [0.15, 0.2) is 6.10 Å². The van der Waals surface area contributed by atoms with Crippen LogP contribution in [0.4, 0.5) is 0 Å². The van der Waals surface area contributed by atoms with Crippen LogP contribution in [0.2, 0.25) is 0 Å². The highest BCUT2D eigenvalue weighted by molar-refractivity contribution is 5.71. The first-order valence-corrected chi connectivity index (χ1v) is 29.3. The zero-order valence-corrected chi connectivity index (χ0v) is 45.1. The van der Waals surface area contributed by atoms with Gasteiger partial charge in [-0.15, -0.1) is 0 Å². The molecule has 0 aromatic heterocycles. The van der Waals surface area contributed by atoms with Crippen LogP contribution in [-0.4, -0.2) is 37.2 Å². The van der Waals surface area contributed by atoms with E-state index in [1.165, 1.54) is 167 Å². The predicted molar refractivity (Wildman–Crippen MR) is 293 cm³/mol. The average Bonchev–Trinajstić information content (AvgIpc) is 3.34. The van der Waals surface area contributed by atoms with Crippen LogP contribution in [-0.2, 0) is 28.6 Å². The minimum absolute atomic E-state index is 0.0685. The highest BCUT2D eigenvalue weighted by atomic mass is 16.6. The van der Waals surface area contributed by atoms with Crippen molar-refractivity contribution in [2.75, 3.05) is 13.2 Å². The molecule has 0 spiro atoms. The van der Waals surface area contributed by atoms with Crippen molar-refractivity contribution in [3.05, 3.63) is 60.8 Å². The SMILES string of the molecule is CC/C=C\C/C=C\C/C=C\C/C=C\C/C=C\CCCCCCCCCCCCCCCCCCCCCC(=O)OCC(COC(=O)CCCCCCCC)OC(=O)CCCCCCCCCCC. The molecular weight excluding hydrogens is 841 g/mol. The standard InChI is InChI=1S/C62H110O6/c1-4-7-10-13-16-18-19-20-21-22-23-24-25-26-27-28-29-30-31-32-33-34-35-36-37-38-39-40-41-42-43-45-46-49-52-55-61(64)67-58-59(57-66-60(63)54-51-48-15-12-9-6-3)68-62(65)56-53-50-47-44-17-14-11-8-5-2/h7,10,16,18,20-21,23-24,26-27,59H,4-6,8-9,11-15,17,19,22,25,28-58H2,1-3H3/b10-7-,18-16-,21-20-,24-23-,27-26-. The summed E-state index contributed by atoms with van der Waals surface area (Å²) >= 11 is 0. The molecule has 0 radical (unpaired) electrons. The number of ether oxygens (including phenoxy) is 3. The van der Waals surface area contributed by atoms with Gasteiger partial charge < -0.3 is 14.2 Å². The van der Waals surface area contributed by atoms with Crippen molar-refractivity contribution in [3.8, 4) is 0 Å². The van der Waals surface area contributed by atoms with Gasteiger partial charge >= 0.3 is 17.9 Å². The topological polar surface area (TPSA) is 78.9 Å². The summed E-state index contributed by atoms with van der Waals surface area (Å²) < 4.78 is 16.7. The number of carbonyl (C=O) groups is 3. The molecule has 0 aliphatic heterocycles. The van der Waals surface area contributed by atoms with Crippen molar-refractivity contribution in [2.24, 2.45) is 0 Å². The van der Waals surface area contributed by atoms with Crippen LogP contribution in [0.3, 0.4) is 0 Å². The molecule has 0 amide bonds. The molecule has 0 N–H and O–H groups in total. The second-order valence-corrected chi connectivity index (χ2v) is 19.5. The zero-order chi connectivity index (χ0) is 49.3. The van der Waals surface area contributed by atoms with Crippen molar-refractivity contribution in [2.45, 2.75) is 303 Å². The Morgan fingerprint density at radius 3 is 0.897 bits per heavy atom. The van der Waals surface area contributed by atoms with E-state index in [1.807, 2.05) is 0 Å². The van der Waals surface area contributed by atoms with Crippen LogP contribution in [0.15, 0.2) is 60.8 Å². The minimum Gasteiger partial charge on any atom is -0.462 e. The Balaban J connectivity index is 3.84. The van der Waals surface area contributed by atoms with E-state index in [1.54, 1.807) is 0 Å². The molecule has 394 valence electrons. The van der Waals surface area contributed by atoms with Crippen LogP contribution >= 0.6 is 0 Å². The molecule has 6 heteroatoms. The van der Waals surface area contributed by atoms with Gasteiger partial charge in [-0.1, -0.05) is 274 Å². The second-order valence-electron chi connectivity index (χ2n) is 19.5. The minimum atomic E-state index is -0.763. The van der Waals surface area contributed by atoms with E-state index in [-0.39, 0.29) is 31.1 Å². The number of hydrogen-bond donors (Lipinski definition) is 0. The highest BCUT2D eigenvalue weighted by Crippen LogP contribution is 2.17. The molecule has 0 heterocycles. The van der Waals surface area contributed by atoms with Gasteiger partial charge in [0.2, 0.25) is 0 Å². The maximum absolute atomic E-state index is 12.7. The van der Waals surface area contributed by atoms with E-state index in [2.05, 4.69) is 81.5 Å². The Hall–Kier alpha value is -2.89. The highest BCUT2D eigenvalue weighted by Gasteiger charge is 2.19. The molecular formula is C62H110O6. The summed E-state index contributed by atoms with van der Waals surface area (Å²) in [5.74, 6) is -0.871. The van der Waals surface area contributed by atoms with Crippen molar-refractivity contribution in [1.29, 1.82) is 0 Å². The lowest BCUT2D eigenvalue weighted by atomic mass is 10.0. The number of hydrogen-bond acceptors (Lipinski definition) is 6. The molecule has 0 bridgehead atoms. The number of allylic oxidation sites excluding steroid dienone is 10. The smallest absolute Gasteiger partial charge is 0.306 e. The molecule has 68 heavy (non-hydrogen) atoms. The Labute approximate surface area is 421 Å². The van der Waals surface area contributed by atoms with E-state index < -0.39 is 6.10 Å². The van der Waals surface area contributed by atoms with Gasteiger partial charge in [-0.2, -0.15) is 0 Å². The third kappa shape index (κ3) is 54.1. The lowest BCUT2D eigenvalue weighted by Crippen LogP contribution is -2.30. The third-order valence-corrected chi connectivity index (χ3v) is 12.8. The van der Waals surface area contributed by atoms with Crippen LogP contribution in [0.5, 0.6) is 0 Å². The summed E-state index contributed by atoms with van der Waals surface area (Å²) in [5, 5.41) is 0. The number of carbonyl (C=O) groups excluding carboxylic acids is 3. The second kappa shape index (κ2) is 56.7. The molecule has 0 aliphatic carbocycles. The molecule has 1 atom stereocenters. The molecule has 0 aromatic carbocycles. The third-order valence-electron chi connectivity index (χ3n) is 12.8. The maximum atomic E-state index is 12.7. The van der Waals surface area contributed by atoms with E-state index >= 15 is 0 Å². The first-order valence-electron chi connectivity index (χ1n) is 29.3. The summed E-state index contributed by atoms with van der Waals surface area (Å²) in [6.45, 7) is 6.46. The van der Waals surface area contributed by atoms with Gasteiger partial charge in [0, 0.05) is 19.3 Å². The molecule has 0 saturated carbocycles. The monoisotopic (exact) mass is 951 g/mol. The normalized spacial score (nSPS) is 12.5. The van der Waals surface area contributed by atoms with Crippen LogP contribution in [0.1, 0.15) is 297 Å². The Bertz CT molecular complexity index is 1230. The quantitative estimate of drug-likeness (QED) is 0.0262. The fraction of sp³-hybridized carbons (Fsp3) is 0.790. The van der Waals surface area contributed by atoms with E-state index in [0.717, 1.165) is 89.9 Å². The molecule has 0 aromatic rings. The van der Waals surface area contributed by atoms with Crippen LogP contribution in [0, 0.1) is 0 Å². The van der Waals surface area contributed by atoms with Gasteiger partial charge in [-0.05, 0) is 64.2 Å². The largest absolute Gasteiger partial charge is 0.462 e. The average molecular weight is 952 g/mol. The Kier molecular flexibility index (Phi) is 54.3. The van der Waals surface area contributed by atoms with Gasteiger partial charge in [0.1, 0.15) is 13.2 Å². The van der Waals surface area contributed by atoms with Crippen LogP contribution < -0.4 is 0 Å². The van der Waals surface area contributed by atoms with Crippen molar-refractivity contribution in [3.63, 3.8) is 0 Å². The predicted octanol–water partition coefficient (Wildman–Crippen LogP) is 19.6. The summed E-state index contributed by atoms with van der Waals surface area (Å²) in [5.41, 5.74) is 0. The number of esters is 3. The summed E-state index contributed by atoms with van der Waals surface area (Å²) in [6, 6.07) is 0. The molecule has 0 rings (SSSR count). The fourth-order valence-corrected chi connectivity index (χ4v) is 8.41. The van der Waals surface area contributed by atoms with E-state index in [9.17, 15) is 14.4 Å². The fourth-order valence-electron chi connectivity index (χ4n) is 8.41. The lowest BCUT2D eigenvalue weighted by molar-refractivity contribution is -0.167. The number of unbranched alkanes of at least 4 members (excludes halogenated alkanes) is 32. The zero-order valence-electron chi connectivity index (χ0n) is 45.1. The van der Waals surface area contributed by atoms with E-state index in [0.29, 0.717) is 19.3 Å². The molecule has 0 aliphatic rings. The van der Waals surface area contributed by atoms with E-state index in [4.69, 9.17) is 14.2 Å². The summed E-state index contributed by atoms with van der Waals surface area (Å²) in [7, 11) is 0. The van der Waals surface area contributed by atoms with Crippen molar-refractivity contribution in [1.82, 2.24) is 0 Å². The summed E-state index contributed by atoms with van der Waals surface area (Å²) in [4.78, 5) is 37.7. The first-order chi connectivity index (χ1) is 33.5. The van der Waals surface area contributed by atoms with Gasteiger partial charge in [0.25, 0.3) is 0 Å². The Morgan fingerprint density at radius 1 is 0.309 bits per heavy atom. The van der Waals surface area contributed by atoms with Crippen LogP contribution in [0.25, 0.3) is 0 Å². The summed E-state index contributed by atoms with van der Waals surface area (Å²) in [6.07, 6.45) is 71.4. The first kappa shape index (κ1) is 65.1. The van der Waals surface area contributed by atoms with Crippen molar-refractivity contribution < 1.29 is 28.6 Å². The van der Waals surface area contributed by atoms with Gasteiger partial charge in [0.05, 0.1) is 0 Å². The Morgan fingerprint density at radius 2 is 0.574 bits per heavy atom.